The first kappa shape index (κ1) is 32.8. The van der Waals surface area contributed by atoms with Gasteiger partial charge in [-0.1, -0.05) is 82.7 Å². The van der Waals surface area contributed by atoms with Crippen LogP contribution in [-0.2, 0) is 28.3 Å². The van der Waals surface area contributed by atoms with Crippen LogP contribution in [0.4, 0.5) is 11.4 Å². The molecule has 1 saturated heterocycles. The van der Waals surface area contributed by atoms with Crippen LogP contribution in [0.25, 0.3) is 0 Å². The van der Waals surface area contributed by atoms with Gasteiger partial charge < -0.3 is 25.7 Å². The summed E-state index contributed by atoms with van der Waals surface area (Å²) in [6, 6.07) is 22.6. The van der Waals surface area contributed by atoms with Crippen LogP contribution in [0.1, 0.15) is 54.5 Å². The molecule has 47 heavy (non-hydrogen) atoms. The lowest BCUT2D eigenvalue weighted by molar-refractivity contribution is -0.139. The van der Waals surface area contributed by atoms with E-state index in [1.807, 2.05) is 98.1 Å². The van der Waals surface area contributed by atoms with Crippen molar-refractivity contribution in [2.45, 2.75) is 56.8 Å². The second kappa shape index (κ2) is 14.3. The van der Waals surface area contributed by atoms with Gasteiger partial charge in [0.25, 0.3) is 5.91 Å². The number of hydrogen-bond acceptors (Lipinski definition) is 7. The first-order valence-corrected chi connectivity index (χ1v) is 16.8. The first-order valence-electron chi connectivity index (χ1n) is 16.0. The van der Waals surface area contributed by atoms with Crippen molar-refractivity contribution in [2.24, 2.45) is 5.92 Å². The lowest BCUT2D eigenvalue weighted by Gasteiger charge is -2.27. The van der Waals surface area contributed by atoms with Gasteiger partial charge in [-0.2, -0.15) is 0 Å². The number of aryl methyl sites for hydroxylation is 1. The number of anilines is 2. The average Bonchev–Trinajstić information content (AvgIpc) is 3.83. The Bertz CT molecular complexity index is 1740. The SMILES string of the molecule is C[C@@H](/C=C/CCn1cc(C(CO)c2ccccc2)nn1)[C@]1(O)C(=O)N(Cc2ccc(NC(=O)[C@H]3CCCN3)cc2)c2ccc(Br)cc21. The number of nitrogens with zero attached hydrogens (tertiary/aromatic N) is 4. The Morgan fingerprint density at radius 1 is 1.17 bits per heavy atom. The number of carbonyl (C=O) groups excluding carboxylic acids is 2. The number of aliphatic hydroxyl groups is 2. The molecule has 0 saturated carbocycles. The van der Waals surface area contributed by atoms with Gasteiger partial charge in [0, 0.05) is 34.4 Å². The molecule has 6 rings (SSSR count). The van der Waals surface area contributed by atoms with Crippen LogP contribution < -0.4 is 15.5 Å². The number of amides is 2. The monoisotopic (exact) mass is 698 g/mol. The molecule has 10 nitrogen and oxygen atoms in total. The summed E-state index contributed by atoms with van der Waals surface area (Å²) in [6.07, 6.45) is 8.11. The number of carbonyl (C=O) groups is 2. The summed E-state index contributed by atoms with van der Waals surface area (Å²) in [5.74, 6) is -1.19. The van der Waals surface area contributed by atoms with Crippen LogP contribution >= 0.6 is 15.9 Å². The molecule has 0 bridgehead atoms. The number of halogens is 1. The molecule has 4 N–H and O–H groups in total. The second-order valence-electron chi connectivity index (χ2n) is 12.2. The van der Waals surface area contributed by atoms with Gasteiger partial charge in [-0.25, -0.2) is 0 Å². The fraction of sp³-hybridized carbons (Fsp3) is 0.333. The third kappa shape index (κ3) is 6.94. The third-order valence-corrected chi connectivity index (χ3v) is 9.57. The zero-order valence-corrected chi connectivity index (χ0v) is 27.8. The molecule has 1 aromatic heterocycles. The maximum absolute atomic E-state index is 14.0. The van der Waals surface area contributed by atoms with Crippen LogP contribution in [0.5, 0.6) is 0 Å². The highest BCUT2D eigenvalue weighted by molar-refractivity contribution is 9.10. The number of benzene rings is 3. The predicted octanol–water partition coefficient (Wildman–Crippen LogP) is 4.87. The van der Waals surface area contributed by atoms with Crippen LogP contribution in [-0.4, -0.2) is 56.2 Å². The van der Waals surface area contributed by atoms with E-state index in [4.69, 9.17) is 0 Å². The van der Waals surface area contributed by atoms with Gasteiger partial charge in [0.15, 0.2) is 5.60 Å². The van der Waals surface area contributed by atoms with Crippen molar-refractivity contribution in [3.63, 3.8) is 0 Å². The number of nitrogens with one attached hydrogen (secondary N) is 2. The summed E-state index contributed by atoms with van der Waals surface area (Å²) in [5, 5.41) is 36.7. The van der Waals surface area contributed by atoms with Crippen molar-refractivity contribution in [3.8, 4) is 0 Å². The lowest BCUT2D eigenvalue weighted by Crippen LogP contribution is -2.44. The van der Waals surface area contributed by atoms with Crippen LogP contribution in [0, 0.1) is 5.92 Å². The Labute approximate surface area is 282 Å². The standard InChI is InChI=1S/C36H39BrN6O4/c1-24(8-5-6-19-42-22-32(40-41-42)29(23-44)26-9-3-2-4-10-26)36(47)30-20-27(37)14-17-33(30)43(35(36)46)21-25-12-15-28(16-13-25)39-34(45)31-11-7-18-38-31/h2-5,8-10,12-17,20,22,24,29,31,38,44,47H,6-7,11,18-19,21,23H2,1H3,(H,39,45)/b8-5+/t24-,29?,31+,36+/m0/s1. The Kier molecular flexibility index (Phi) is 9.97. The summed E-state index contributed by atoms with van der Waals surface area (Å²) >= 11 is 3.52. The van der Waals surface area contributed by atoms with E-state index in [1.165, 1.54) is 0 Å². The average molecular weight is 700 g/mol. The van der Waals surface area contributed by atoms with Gasteiger partial charge in [-0.3, -0.25) is 14.3 Å². The van der Waals surface area contributed by atoms with Crippen LogP contribution in [0.2, 0.25) is 0 Å². The molecule has 4 atom stereocenters. The smallest absolute Gasteiger partial charge is 0.264 e. The number of rotatable bonds is 12. The van der Waals surface area contributed by atoms with E-state index in [-0.39, 0.29) is 36.9 Å². The number of hydrogen-bond donors (Lipinski definition) is 4. The summed E-state index contributed by atoms with van der Waals surface area (Å²) < 4.78 is 2.51. The highest BCUT2D eigenvalue weighted by Crippen LogP contribution is 2.46. The summed E-state index contributed by atoms with van der Waals surface area (Å²) in [6.45, 7) is 3.46. The maximum Gasteiger partial charge on any atom is 0.264 e. The van der Waals surface area contributed by atoms with Gasteiger partial charge in [0.05, 0.1) is 36.5 Å². The van der Waals surface area contributed by atoms with Crippen molar-refractivity contribution in [3.05, 3.63) is 118 Å². The minimum Gasteiger partial charge on any atom is -0.395 e. The molecule has 0 spiro atoms. The maximum atomic E-state index is 14.0. The Morgan fingerprint density at radius 3 is 2.68 bits per heavy atom. The molecule has 2 aliphatic rings. The molecule has 2 amide bonds. The zero-order valence-electron chi connectivity index (χ0n) is 26.2. The van der Waals surface area contributed by atoms with E-state index < -0.39 is 11.5 Å². The van der Waals surface area contributed by atoms with Gasteiger partial charge >= 0.3 is 0 Å². The number of allylic oxidation sites excluding steroid dienone is 1. The molecule has 0 radical (unpaired) electrons. The Morgan fingerprint density at radius 2 is 1.96 bits per heavy atom. The summed E-state index contributed by atoms with van der Waals surface area (Å²) in [5.41, 5.74) is 2.72. The molecule has 1 unspecified atom stereocenters. The van der Waals surface area contributed by atoms with Crippen molar-refractivity contribution < 1.29 is 19.8 Å². The number of fused-ring (bicyclic) bond motifs is 1. The molecule has 11 heteroatoms. The quantitative estimate of drug-likeness (QED) is 0.155. The number of aliphatic hydroxyl groups excluding tert-OH is 1. The molecule has 244 valence electrons. The molecule has 3 aromatic carbocycles. The normalized spacial score (nSPS) is 20.5. The highest BCUT2D eigenvalue weighted by Gasteiger charge is 2.52. The number of aromatic nitrogens is 3. The molecule has 4 aromatic rings. The largest absolute Gasteiger partial charge is 0.395 e. The first-order chi connectivity index (χ1) is 22.8. The Hall–Kier alpha value is -4.16. The summed E-state index contributed by atoms with van der Waals surface area (Å²) in [7, 11) is 0. The van der Waals surface area contributed by atoms with Gasteiger partial charge in [-0.05, 0) is 67.3 Å². The molecule has 2 aliphatic heterocycles. The van der Waals surface area contributed by atoms with E-state index in [2.05, 4.69) is 36.9 Å². The zero-order chi connectivity index (χ0) is 33.0. The van der Waals surface area contributed by atoms with Crippen molar-refractivity contribution >= 4 is 39.1 Å². The topological polar surface area (TPSA) is 133 Å². The fourth-order valence-corrected chi connectivity index (χ4v) is 6.73. The van der Waals surface area contributed by atoms with Crippen molar-refractivity contribution in [2.75, 3.05) is 23.4 Å². The van der Waals surface area contributed by atoms with Crippen LogP contribution in [0.15, 0.2) is 95.6 Å². The van der Waals surface area contributed by atoms with E-state index >= 15 is 0 Å². The minimum absolute atomic E-state index is 0.0407. The van der Waals surface area contributed by atoms with E-state index in [0.717, 1.165) is 35.0 Å². The van der Waals surface area contributed by atoms with Gasteiger partial charge in [0.2, 0.25) is 5.91 Å². The Balaban J connectivity index is 1.11. The van der Waals surface area contributed by atoms with E-state index in [9.17, 15) is 19.8 Å². The molecular formula is C36H39BrN6O4. The molecule has 1 fully saturated rings. The molecule has 0 aliphatic carbocycles. The third-order valence-electron chi connectivity index (χ3n) is 9.08. The van der Waals surface area contributed by atoms with Crippen molar-refractivity contribution in [1.82, 2.24) is 20.3 Å². The van der Waals surface area contributed by atoms with Crippen molar-refractivity contribution in [1.29, 1.82) is 0 Å². The fourth-order valence-electron chi connectivity index (χ4n) is 6.37. The summed E-state index contributed by atoms with van der Waals surface area (Å²) in [4.78, 5) is 28.1. The molecular weight excluding hydrogens is 660 g/mol. The molecule has 3 heterocycles. The second-order valence-corrected chi connectivity index (χ2v) is 13.1. The predicted molar refractivity (Wildman–Crippen MR) is 184 cm³/mol. The van der Waals surface area contributed by atoms with Crippen LogP contribution in [0.3, 0.4) is 0 Å². The lowest BCUT2D eigenvalue weighted by atomic mass is 9.83. The van der Waals surface area contributed by atoms with Gasteiger partial charge in [-0.15, -0.1) is 5.10 Å². The van der Waals surface area contributed by atoms with E-state index in [1.54, 1.807) is 9.58 Å². The highest BCUT2D eigenvalue weighted by atomic mass is 79.9. The van der Waals surface area contributed by atoms with Gasteiger partial charge in [0.1, 0.15) is 0 Å². The minimum atomic E-state index is -1.75. The van der Waals surface area contributed by atoms with E-state index in [0.29, 0.717) is 35.6 Å².